The largest absolute Gasteiger partial charge is 0.495 e. The van der Waals surface area contributed by atoms with Crippen molar-refractivity contribution in [2.75, 3.05) is 7.11 Å². The fourth-order valence-electron chi connectivity index (χ4n) is 2.46. The zero-order valence-electron chi connectivity index (χ0n) is 11.7. The summed E-state index contributed by atoms with van der Waals surface area (Å²) in [5.41, 5.74) is 4.20. The van der Waals surface area contributed by atoms with Gasteiger partial charge in [0.2, 0.25) is 0 Å². The number of aromatic nitrogens is 2. The highest BCUT2D eigenvalue weighted by molar-refractivity contribution is 7.71. The van der Waals surface area contributed by atoms with Crippen molar-refractivity contribution in [2.24, 2.45) is 0 Å². The van der Waals surface area contributed by atoms with E-state index in [-0.39, 0.29) is 0 Å². The number of fused-ring (bicyclic) bond motifs is 1. The molecule has 5 heteroatoms. The van der Waals surface area contributed by atoms with E-state index in [1.54, 1.807) is 19.2 Å². The average Bonchev–Trinajstić information content (AvgIpc) is 2.80. The third-order valence-corrected chi connectivity index (χ3v) is 3.69. The molecule has 0 aliphatic heterocycles. The van der Waals surface area contributed by atoms with E-state index in [0.717, 1.165) is 16.6 Å². The summed E-state index contributed by atoms with van der Waals surface area (Å²) in [7, 11) is 1.59. The van der Waals surface area contributed by atoms with Crippen LogP contribution >= 0.6 is 12.2 Å². The number of nitriles is 1. The number of imidazole rings is 1. The Morgan fingerprint density at radius 2 is 2.10 bits per heavy atom. The normalized spacial score (nSPS) is 10.5. The summed E-state index contributed by atoms with van der Waals surface area (Å²) in [5, 5.41) is 9.38. The van der Waals surface area contributed by atoms with Gasteiger partial charge in [-0.3, -0.25) is 4.57 Å². The van der Waals surface area contributed by atoms with E-state index in [1.807, 2.05) is 35.8 Å². The van der Waals surface area contributed by atoms with Crippen molar-refractivity contribution in [3.8, 4) is 17.5 Å². The van der Waals surface area contributed by atoms with Crippen LogP contribution in [-0.2, 0) is 0 Å². The molecule has 1 N–H and O–H groups in total. The first kappa shape index (κ1) is 13.4. The molecule has 1 aromatic heterocycles. The van der Waals surface area contributed by atoms with E-state index in [2.05, 4.69) is 11.1 Å². The summed E-state index contributed by atoms with van der Waals surface area (Å²) in [4.78, 5) is 3.18. The van der Waals surface area contributed by atoms with Crippen LogP contribution < -0.4 is 4.74 Å². The first-order valence-corrected chi connectivity index (χ1v) is 6.85. The molecule has 3 aromatic rings. The zero-order chi connectivity index (χ0) is 15.0. The van der Waals surface area contributed by atoms with E-state index < -0.39 is 0 Å². The van der Waals surface area contributed by atoms with Crippen LogP contribution in [0.5, 0.6) is 5.75 Å². The van der Waals surface area contributed by atoms with E-state index >= 15 is 0 Å². The van der Waals surface area contributed by atoms with Gasteiger partial charge in [0.05, 0.1) is 23.7 Å². The lowest BCUT2D eigenvalue weighted by Gasteiger charge is -2.12. The van der Waals surface area contributed by atoms with Crippen molar-refractivity contribution >= 4 is 23.3 Å². The third kappa shape index (κ3) is 2.10. The number of aryl methyl sites for hydroxylation is 1. The highest BCUT2D eigenvalue weighted by Crippen LogP contribution is 2.30. The van der Waals surface area contributed by atoms with Gasteiger partial charge in [0.25, 0.3) is 0 Å². The van der Waals surface area contributed by atoms with Gasteiger partial charge >= 0.3 is 0 Å². The zero-order valence-corrected chi connectivity index (χ0v) is 12.5. The van der Waals surface area contributed by atoms with Crippen molar-refractivity contribution in [2.45, 2.75) is 6.92 Å². The van der Waals surface area contributed by atoms with E-state index in [1.165, 1.54) is 0 Å². The fourth-order valence-corrected chi connectivity index (χ4v) is 2.75. The number of rotatable bonds is 2. The SMILES string of the molecule is COc1cccc(C#N)c1-n1c(=S)[nH]c2cc(C)ccc21. The molecule has 1 heterocycles. The van der Waals surface area contributed by atoms with Gasteiger partial charge in [0.1, 0.15) is 17.5 Å². The number of H-pyrrole nitrogens is 1. The molecule has 0 atom stereocenters. The molecule has 0 unspecified atom stereocenters. The standard InChI is InChI=1S/C16H13N3OS/c1-10-6-7-13-12(8-10)18-16(21)19(13)15-11(9-17)4-3-5-14(15)20-2/h3-8H,1-2H3,(H,18,21). The van der Waals surface area contributed by atoms with Gasteiger partial charge in [-0.05, 0) is 49.0 Å². The van der Waals surface area contributed by atoms with E-state index in [0.29, 0.717) is 21.8 Å². The number of nitrogens with zero attached hydrogens (tertiary/aromatic N) is 2. The predicted octanol–water partition coefficient (Wildman–Crippen LogP) is 3.88. The van der Waals surface area contributed by atoms with Crippen LogP contribution in [0.25, 0.3) is 16.7 Å². The minimum absolute atomic E-state index is 0.520. The van der Waals surface area contributed by atoms with Crippen LogP contribution in [-0.4, -0.2) is 16.7 Å². The summed E-state index contributed by atoms with van der Waals surface area (Å²) in [6.07, 6.45) is 0. The number of ether oxygens (including phenoxy) is 1. The molecular weight excluding hydrogens is 282 g/mol. The van der Waals surface area contributed by atoms with Crippen LogP contribution in [0, 0.1) is 23.0 Å². The van der Waals surface area contributed by atoms with Crippen LogP contribution in [0.2, 0.25) is 0 Å². The maximum absolute atomic E-state index is 9.38. The Balaban J connectivity index is 2.44. The van der Waals surface area contributed by atoms with Crippen LogP contribution in [0.15, 0.2) is 36.4 Å². The molecule has 104 valence electrons. The van der Waals surface area contributed by atoms with Gasteiger partial charge in [-0.25, -0.2) is 0 Å². The van der Waals surface area contributed by atoms with Crippen molar-refractivity contribution in [3.05, 3.63) is 52.3 Å². The number of hydrogen-bond donors (Lipinski definition) is 1. The van der Waals surface area contributed by atoms with Crippen molar-refractivity contribution in [3.63, 3.8) is 0 Å². The Kier molecular flexibility index (Phi) is 3.24. The van der Waals surface area contributed by atoms with E-state index in [4.69, 9.17) is 17.0 Å². The Morgan fingerprint density at radius 3 is 2.81 bits per heavy atom. The summed E-state index contributed by atoms with van der Waals surface area (Å²) in [5.74, 6) is 0.617. The lowest BCUT2D eigenvalue weighted by Crippen LogP contribution is -2.01. The lowest BCUT2D eigenvalue weighted by atomic mass is 10.1. The molecule has 3 rings (SSSR count). The highest BCUT2D eigenvalue weighted by atomic mass is 32.1. The Hall–Kier alpha value is -2.58. The summed E-state index contributed by atoms with van der Waals surface area (Å²) in [6, 6.07) is 13.6. The second-order valence-electron chi connectivity index (χ2n) is 4.75. The second-order valence-corrected chi connectivity index (χ2v) is 5.14. The molecule has 0 aliphatic carbocycles. The molecule has 4 nitrogen and oxygen atoms in total. The summed E-state index contributed by atoms with van der Waals surface area (Å²) in [6.45, 7) is 2.03. The van der Waals surface area contributed by atoms with Gasteiger partial charge in [-0.1, -0.05) is 12.1 Å². The number of hydrogen-bond acceptors (Lipinski definition) is 3. The lowest BCUT2D eigenvalue weighted by molar-refractivity contribution is 0.413. The highest BCUT2D eigenvalue weighted by Gasteiger charge is 2.15. The molecule has 2 aromatic carbocycles. The molecular formula is C16H13N3OS. The monoisotopic (exact) mass is 295 g/mol. The topological polar surface area (TPSA) is 53.7 Å². The molecule has 0 bridgehead atoms. The number of methoxy groups -OCH3 is 1. The van der Waals surface area contributed by atoms with Gasteiger partial charge in [0, 0.05) is 0 Å². The minimum Gasteiger partial charge on any atom is -0.495 e. The maximum Gasteiger partial charge on any atom is 0.182 e. The predicted molar refractivity (Wildman–Crippen MR) is 84.5 cm³/mol. The number of aromatic amines is 1. The van der Waals surface area contributed by atoms with Gasteiger partial charge < -0.3 is 9.72 Å². The molecule has 0 spiro atoms. The fraction of sp³-hybridized carbons (Fsp3) is 0.125. The molecule has 0 radical (unpaired) electrons. The molecule has 0 saturated heterocycles. The van der Waals surface area contributed by atoms with Crippen molar-refractivity contribution in [1.29, 1.82) is 5.26 Å². The molecule has 0 fully saturated rings. The summed E-state index contributed by atoms with van der Waals surface area (Å²) >= 11 is 5.44. The van der Waals surface area contributed by atoms with Gasteiger partial charge in [-0.2, -0.15) is 5.26 Å². The molecule has 0 aliphatic rings. The molecule has 21 heavy (non-hydrogen) atoms. The first-order valence-electron chi connectivity index (χ1n) is 6.44. The summed E-state index contributed by atoms with van der Waals surface area (Å²) < 4.78 is 7.79. The first-order chi connectivity index (χ1) is 10.2. The third-order valence-electron chi connectivity index (χ3n) is 3.40. The number of benzene rings is 2. The Morgan fingerprint density at radius 1 is 1.29 bits per heavy atom. The quantitative estimate of drug-likeness (QED) is 0.730. The van der Waals surface area contributed by atoms with E-state index in [9.17, 15) is 5.26 Å². The Bertz CT molecular complexity index is 931. The average molecular weight is 295 g/mol. The molecule has 0 saturated carbocycles. The van der Waals surface area contributed by atoms with Crippen molar-refractivity contribution in [1.82, 2.24) is 9.55 Å². The maximum atomic E-state index is 9.38. The number of para-hydroxylation sites is 1. The van der Waals surface area contributed by atoms with Crippen molar-refractivity contribution < 1.29 is 4.74 Å². The van der Waals surface area contributed by atoms with Crippen LogP contribution in [0.4, 0.5) is 0 Å². The Labute approximate surface area is 127 Å². The van der Waals surface area contributed by atoms with Crippen LogP contribution in [0.1, 0.15) is 11.1 Å². The number of nitrogens with one attached hydrogen (secondary N) is 1. The van der Waals surface area contributed by atoms with Gasteiger partial charge in [-0.15, -0.1) is 0 Å². The van der Waals surface area contributed by atoms with Crippen LogP contribution in [0.3, 0.4) is 0 Å². The van der Waals surface area contributed by atoms with Gasteiger partial charge in [0.15, 0.2) is 4.77 Å². The smallest absolute Gasteiger partial charge is 0.182 e. The minimum atomic E-state index is 0.520. The second kappa shape index (κ2) is 5.08. The molecule has 0 amide bonds.